The average Bonchev–Trinajstić information content (AvgIpc) is 2.43. The highest BCUT2D eigenvalue weighted by Gasteiger charge is 2.27. The van der Waals surface area contributed by atoms with Crippen molar-refractivity contribution >= 4 is 0 Å². The molecule has 3 nitrogen and oxygen atoms in total. The first-order valence-corrected chi connectivity index (χ1v) is 8.41. The third-order valence-corrected chi connectivity index (χ3v) is 4.56. The van der Waals surface area contributed by atoms with E-state index in [1.165, 1.54) is 5.57 Å². The first kappa shape index (κ1) is 19.9. The Hall–Kier alpha value is -1.16. The lowest BCUT2D eigenvalue weighted by atomic mass is 9.85. The van der Waals surface area contributed by atoms with Gasteiger partial charge in [0.1, 0.15) is 0 Å². The van der Waals surface area contributed by atoms with Gasteiger partial charge in [-0.2, -0.15) is 0 Å². The van der Waals surface area contributed by atoms with Crippen molar-refractivity contribution in [3.05, 3.63) is 47.1 Å². The molecule has 130 valence electrons. The van der Waals surface area contributed by atoms with Gasteiger partial charge < -0.3 is 15.3 Å². The Balaban J connectivity index is 3.12. The van der Waals surface area contributed by atoms with E-state index >= 15 is 0 Å². The number of rotatable bonds is 1. The monoisotopic (exact) mass is 320 g/mol. The van der Waals surface area contributed by atoms with Crippen LogP contribution >= 0.6 is 0 Å². The van der Waals surface area contributed by atoms with E-state index in [1.807, 2.05) is 20.8 Å². The lowest BCUT2D eigenvalue weighted by Crippen LogP contribution is -2.32. The average molecular weight is 320 g/mol. The van der Waals surface area contributed by atoms with Crippen molar-refractivity contribution in [2.24, 2.45) is 5.92 Å². The van der Waals surface area contributed by atoms with Crippen LogP contribution in [0.3, 0.4) is 0 Å². The summed E-state index contributed by atoms with van der Waals surface area (Å²) < 4.78 is 0. The number of aliphatic hydroxyl groups excluding tert-OH is 3. The van der Waals surface area contributed by atoms with Crippen LogP contribution < -0.4 is 0 Å². The highest BCUT2D eigenvalue weighted by Crippen LogP contribution is 2.26. The second-order valence-corrected chi connectivity index (χ2v) is 6.94. The molecule has 1 aliphatic carbocycles. The standard InChI is InChI=1S/C20H32O3/c1-13(2)20-18(22)11-15(4)8-6-7-14(3)9-10-17(21)16(5)12-19(20)23/h8-9,12,17-23H,1,6-7,10-11H2,2-5H3. The van der Waals surface area contributed by atoms with Gasteiger partial charge in [-0.15, -0.1) is 0 Å². The Kier molecular flexibility index (Phi) is 7.97. The van der Waals surface area contributed by atoms with E-state index in [-0.39, 0.29) is 0 Å². The van der Waals surface area contributed by atoms with Crippen LogP contribution in [0, 0.1) is 5.92 Å². The molecule has 0 spiro atoms. The second kappa shape index (κ2) is 9.21. The summed E-state index contributed by atoms with van der Waals surface area (Å²) in [6, 6.07) is 0. The number of hydrogen-bond acceptors (Lipinski definition) is 3. The van der Waals surface area contributed by atoms with Gasteiger partial charge in [0.15, 0.2) is 0 Å². The molecule has 0 fully saturated rings. The van der Waals surface area contributed by atoms with Gasteiger partial charge in [0, 0.05) is 5.92 Å². The predicted molar refractivity (Wildman–Crippen MR) is 96.1 cm³/mol. The normalized spacial score (nSPS) is 31.5. The quantitative estimate of drug-likeness (QED) is 0.646. The van der Waals surface area contributed by atoms with Crippen molar-refractivity contribution in [3.8, 4) is 0 Å². The maximum atomic E-state index is 10.5. The third-order valence-electron chi connectivity index (χ3n) is 4.56. The van der Waals surface area contributed by atoms with Crippen LogP contribution in [-0.4, -0.2) is 33.6 Å². The lowest BCUT2D eigenvalue weighted by molar-refractivity contribution is 0.0537. The molecule has 4 unspecified atom stereocenters. The summed E-state index contributed by atoms with van der Waals surface area (Å²) in [5.74, 6) is -0.430. The predicted octanol–water partition coefficient (Wildman–Crippen LogP) is 3.67. The van der Waals surface area contributed by atoms with Gasteiger partial charge in [-0.25, -0.2) is 0 Å². The number of allylic oxidation sites excluding steroid dienone is 2. The van der Waals surface area contributed by atoms with Crippen molar-refractivity contribution in [3.63, 3.8) is 0 Å². The topological polar surface area (TPSA) is 60.7 Å². The number of hydrogen-bond donors (Lipinski definition) is 3. The third kappa shape index (κ3) is 6.46. The molecule has 0 aromatic heterocycles. The van der Waals surface area contributed by atoms with Gasteiger partial charge >= 0.3 is 0 Å². The molecular formula is C20H32O3. The van der Waals surface area contributed by atoms with Gasteiger partial charge in [-0.1, -0.05) is 41.5 Å². The van der Waals surface area contributed by atoms with Crippen LogP contribution in [0.1, 0.15) is 53.4 Å². The molecule has 0 aliphatic heterocycles. The summed E-state index contributed by atoms with van der Waals surface area (Å²) >= 11 is 0. The Labute approximate surface area is 140 Å². The van der Waals surface area contributed by atoms with Gasteiger partial charge in [-0.05, 0) is 59.0 Å². The maximum Gasteiger partial charge on any atom is 0.0814 e. The number of aliphatic hydroxyl groups is 3. The van der Waals surface area contributed by atoms with Gasteiger partial charge in [0.25, 0.3) is 0 Å². The first-order chi connectivity index (χ1) is 10.7. The lowest BCUT2D eigenvalue weighted by Gasteiger charge is -2.28. The molecule has 1 rings (SSSR count). The van der Waals surface area contributed by atoms with Crippen molar-refractivity contribution in [1.82, 2.24) is 0 Å². The minimum Gasteiger partial charge on any atom is -0.392 e. The fourth-order valence-corrected chi connectivity index (χ4v) is 3.02. The van der Waals surface area contributed by atoms with Crippen LogP contribution in [0.25, 0.3) is 0 Å². The van der Waals surface area contributed by atoms with E-state index in [9.17, 15) is 15.3 Å². The Morgan fingerprint density at radius 3 is 2.35 bits per heavy atom. The van der Waals surface area contributed by atoms with Gasteiger partial charge in [-0.3, -0.25) is 0 Å². The summed E-state index contributed by atoms with van der Waals surface area (Å²) in [5, 5.41) is 31.3. The molecule has 0 radical (unpaired) electrons. The molecule has 0 aromatic rings. The van der Waals surface area contributed by atoms with Crippen LogP contribution in [0.4, 0.5) is 0 Å². The zero-order valence-corrected chi connectivity index (χ0v) is 14.9. The van der Waals surface area contributed by atoms with E-state index < -0.39 is 24.2 Å². The minimum atomic E-state index is -0.849. The molecule has 1 aliphatic rings. The summed E-state index contributed by atoms with van der Waals surface area (Å²) in [6.45, 7) is 11.6. The highest BCUT2D eigenvalue weighted by molar-refractivity contribution is 5.17. The molecule has 3 heteroatoms. The van der Waals surface area contributed by atoms with Crippen molar-refractivity contribution < 1.29 is 15.3 Å². The van der Waals surface area contributed by atoms with E-state index in [2.05, 4.69) is 25.7 Å². The fraction of sp³-hybridized carbons (Fsp3) is 0.600. The van der Waals surface area contributed by atoms with E-state index in [1.54, 1.807) is 6.08 Å². The molecule has 0 bridgehead atoms. The van der Waals surface area contributed by atoms with E-state index in [0.29, 0.717) is 12.8 Å². The van der Waals surface area contributed by atoms with Crippen LogP contribution in [0.5, 0.6) is 0 Å². The Morgan fingerprint density at radius 1 is 1.09 bits per heavy atom. The summed E-state index contributed by atoms with van der Waals surface area (Å²) in [5.41, 5.74) is 3.85. The van der Waals surface area contributed by atoms with Crippen LogP contribution in [0.15, 0.2) is 47.1 Å². The van der Waals surface area contributed by atoms with Crippen molar-refractivity contribution in [2.45, 2.75) is 71.7 Å². The van der Waals surface area contributed by atoms with Gasteiger partial charge in [0.2, 0.25) is 0 Å². The first-order valence-electron chi connectivity index (χ1n) is 8.41. The zero-order valence-electron chi connectivity index (χ0n) is 14.9. The van der Waals surface area contributed by atoms with E-state index in [4.69, 9.17) is 0 Å². The molecule has 23 heavy (non-hydrogen) atoms. The molecule has 4 atom stereocenters. The molecular weight excluding hydrogens is 288 g/mol. The van der Waals surface area contributed by atoms with Crippen LogP contribution in [0.2, 0.25) is 0 Å². The Bertz CT molecular complexity index is 499. The minimum absolute atomic E-state index is 0.430. The second-order valence-electron chi connectivity index (χ2n) is 6.94. The SMILES string of the molecule is C=C(C)C1C(O)C=C(C)C(O)CC=C(C)CCC=C(C)CC1O. The highest BCUT2D eigenvalue weighted by atomic mass is 16.3. The summed E-state index contributed by atoms with van der Waals surface area (Å²) in [7, 11) is 0. The van der Waals surface area contributed by atoms with Crippen molar-refractivity contribution in [1.29, 1.82) is 0 Å². The van der Waals surface area contributed by atoms with Gasteiger partial charge in [0.05, 0.1) is 18.3 Å². The summed E-state index contributed by atoms with van der Waals surface area (Å²) in [6.07, 6.45) is 6.67. The largest absolute Gasteiger partial charge is 0.392 e. The molecule has 0 aromatic carbocycles. The molecule has 0 amide bonds. The summed E-state index contributed by atoms with van der Waals surface area (Å²) in [4.78, 5) is 0. The van der Waals surface area contributed by atoms with E-state index in [0.717, 1.165) is 29.6 Å². The van der Waals surface area contributed by atoms with Crippen molar-refractivity contribution in [2.75, 3.05) is 0 Å². The fourth-order valence-electron chi connectivity index (χ4n) is 3.02. The molecule has 3 N–H and O–H groups in total. The molecule has 0 saturated heterocycles. The zero-order chi connectivity index (χ0) is 17.6. The smallest absolute Gasteiger partial charge is 0.0814 e. The molecule has 0 heterocycles. The Morgan fingerprint density at radius 2 is 1.74 bits per heavy atom. The molecule has 0 saturated carbocycles. The van der Waals surface area contributed by atoms with Crippen LogP contribution in [-0.2, 0) is 0 Å². The maximum absolute atomic E-state index is 10.5.